The van der Waals surface area contributed by atoms with Crippen LogP contribution in [0.1, 0.15) is 18.4 Å². The van der Waals surface area contributed by atoms with E-state index >= 15 is 0 Å². The maximum Gasteiger partial charge on any atom is 0.227 e. The van der Waals surface area contributed by atoms with Crippen molar-refractivity contribution in [1.29, 1.82) is 0 Å². The van der Waals surface area contributed by atoms with Crippen LogP contribution in [0, 0.1) is 0 Å². The molecule has 1 spiro atoms. The van der Waals surface area contributed by atoms with Gasteiger partial charge in [-0.25, -0.2) is 0 Å². The van der Waals surface area contributed by atoms with Crippen LogP contribution in [0.5, 0.6) is 0 Å². The number of carbonyl (C=O) groups is 2. The smallest absolute Gasteiger partial charge is 0.227 e. The number of rotatable bonds is 2. The van der Waals surface area contributed by atoms with Crippen LogP contribution in [0.15, 0.2) is 42.5 Å². The van der Waals surface area contributed by atoms with Gasteiger partial charge in [-0.15, -0.1) is 0 Å². The predicted octanol–water partition coefficient (Wildman–Crippen LogP) is 1.94. The molecule has 3 fully saturated rings. The van der Waals surface area contributed by atoms with Crippen molar-refractivity contribution in [3.63, 3.8) is 0 Å². The molecule has 5 rings (SSSR count). The standard InChI is InChI=1S/C20H20N2O3/c23-18(12-14-5-6-15-3-1-2-4-16(15)11-14)21-8-7-20-17(21)13-19(24)22(20)9-10-25-20/h1-6,11,17H,7-10,12-13H2/t17-,20+/m1/s1. The zero-order valence-electron chi connectivity index (χ0n) is 14.0. The first-order chi connectivity index (χ1) is 12.2. The molecule has 0 aliphatic carbocycles. The molecular weight excluding hydrogens is 316 g/mol. The predicted molar refractivity (Wildman–Crippen MR) is 92.8 cm³/mol. The quantitative estimate of drug-likeness (QED) is 0.842. The summed E-state index contributed by atoms with van der Waals surface area (Å²) in [5.41, 5.74) is 0.467. The van der Waals surface area contributed by atoms with Crippen LogP contribution in [0.25, 0.3) is 10.8 Å². The molecule has 5 heteroatoms. The topological polar surface area (TPSA) is 49.9 Å². The number of carbonyl (C=O) groups excluding carboxylic acids is 2. The Morgan fingerprint density at radius 1 is 1.16 bits per heavy atom. The van der Waals surface area contributed by atoms with Crippen molar-refractivity contribution in [3.05, 3.63) is 48.0 Å². The minimum absolute atomic E-state index is 0.0855. The van der Waals surface area contributed by atoms with Gasteiger partial charge in [0.1, 0.15) is 0 Å². The lowest BCUT2D eigenvalue weighted by atomic mass is 10.0. The third-order valence-corrected chi connectivity index (χ3v) is 5.89. The van der Waals surface area contributed by atoms with Gasteiger partial charge in [0, 0.05) is 19.5 Å². The van der Waals surface area contributed by atoms with E-state index in [1.807, 2.05) is 28.0 Å². The van der Waals surface area contributed by atoms with Crippen LogP contribution in [-0.4, -0.2) is 53.1 Å². The summed E-state index contributed by atoms with van der Waals surface area (Å²) in [4.78, 5) is 28.9. The van der Waals surface area contributed by atoms with E-state index in [0.29, 0.717) is 32.5 Å². The van der Waals surface area contributed by atoms with Crippen molar-refractivity contribution in [2.45, 2.75) is 31.0 Å². The average molecular weight is 336 g/mol. The number of benzene rings is 2. The van der Waals surface area contributed by atoms with Gasteiger partial charge >= 0.3 is 0 Å². The third-order valence-electron chi connectivity index (χ3n) is 5.89. The Kier molecular flexibility index (Phi) is 3.16. The van der Waals surface area contributed by atoms with Crippen molar-refractivity contribution in [2.75, 3.05) is 19.7 Å². The molecule has 0 aromatic heterocycles. The first-order valence-electron chi connectivity index (χ1n) is 8.89. The molecule has 2 aromatic rings. The van der Waals surface area contributed by atoms with Gasteiger partial charge in [-0.3, -0.25) is 9.59 Å². The highest BCUT2D eigenvalue weighted by atomic mass is 16.5. The third kappa shape index (κ3) is 2.12. The normalized spacial score (nSPS) is 27.8. The van der Waals surface area contributed by atoms with E-state index in [9.17, 15) is 9.59 Å². The lowest BCUT2D eigenvalue weighted by Gasteiger charge is -2.31. The van der Waals surface area contributed by atoms with Gasteiger partial charge in [0.25, 0.3) is 0 Å². The molecule has 3 aliphatic rings. The van der Waals surface area contributed by atoms with Gasteiger partial charge < -0.3 is 14.5 Å². The summed E-state index contributed by atoms with van der Waals surface area (Å²) in [6.07, 6.45) is 1.49. The monoisotopic (exact) mass is 336 g/mol. The Hall–Kier alpha value is -2.40. The van der Waals surface area contributed by atoms with Crippen LogP contribution in [0.2, 0.25) is 0 Å². The summed E-state index contributed by atoms with van der Waals surface area (Å²) in [5, 5.41) is 2.32. The van der Waals surface area contributed by atoms with Crippen LogP contribution in [-0.2, 0) is 20.7 Å². The van der Waals surface area contributed by atoms with E-state index in [-0.39, 0.29) is 17.9 Å². The Labute approximate surface area is 146 Å². The molecule has 0 N–H and O–H groups in total. The molecule has 2 atom stereocenters. The fraction of sp³-hybridized carbons (Fsp3) is 0.400. The van der Waals surface area contributed by atoms with E-state index in [4.69, 9.17) is 4.74 Å². The van der Waals surface area contributed by atoms with Crippen molar-refractivity contribution in [2.24, 2.45) is 0 Å². The fourth-order valence-corrected chi connectivity index (χ4v) is 4.72. The van der Waals surface area contributed by atoms with Crippen molar-refractivity contribution in [3.8, 4) is 0 Å². The van der Waals surface area contributed by atoms with E-state index in [0.717, 1.165) is 17.4 Å². The molecule has 0 unspecified atom stereocenters. The Morgan fingerprint density at radius 2 is 2.00 bits per heavy atom. The fourth-order valence-electron chi connectivity index (χ4n) is 4.72. The van der Waals surface area contributed by atoms with E-state index in [1.165, 1.54) is 5.39 Å². The number of ether oxygens (including phenoxy) is 1. The summed E-state index contributed by atoms with van der Waals surface area (Å²) >= 11 is 0. The van der Waals surface area contributed by atoms with Crippen LogP contribution < -0.4 is 0 Å². The van der Waals surface area contributed by atoms with Crippen LogP contribution >= 0.6 is 0 Å². The van der Waals surface area contributed by atoms with E-state index in [1.54, 1.807) is 0 Å². The number of hydrogen-bond acceptors (Lipinski definition) is 3. The SMILES string of the molecule is O=C(Cc1ccc2ccccc2c1)N1CC[C@@]23OCCN2C(=O)C[C@@H]13. The highest BCUT2D eigenvalue weighted by molar-refractivity contribution is 5.87. The van der Waals surface area contributed by atoms with Crippen LogP contribution in [0.3, 0.4) is 0 Å². The Balaban J connectivity index is 1.38. The summed E-state index contributed by atoms with van der Waals surface area (Å²) in [6.45, 7) is 1.90. The molecule has 128 valence electrons. The second-order valence-electron chi connectivity index (χ2n) is 7.15. The summed E-state index contributed by atoms with van der Waals surface area (Å²) < 4.78 is 5.96. The zero-order valence-corrected chi connectivity index (χ0v) is 14.0. The van der Waals surface area contributed by atoms with Crippen molar-refractivity contribution in [1.82, 2.24) is 9.80 Å². The van der Waals surface area contributed by atoms with Gasteiger partial charge in [-0.1, -0.05) is 42.5 Å². The van der Waals surface area contributed by atoms with Crippen molar-refractivity contribution >= 4 is 22.6 Å². The van der Waals surface area contributed by atoms with Gasteiger partial charge in [-0.05, 0) is 16.3 Å². The highest BCUT2D eigenvalue weighted by Crippen LogP contribution is 2.45. The van der Waals surface area contributed by atoms with Gasteiger partial charge in [-0.2, -0.15) is 0 Å². The Morgan fingerprint density at radius 3 is 2.88 bits per heavy atom. The van der Waals surface area contributed by atoms with E-state index < -0.39 is 5.72 Å². The molecule has 0 radical (unpaired) electrons. The minimum atomic E-state index is -0.546. The lowest BCUT2D eigenvalue weighted by molar-refractivity contribution is -0.139. The number of amides is 2. The van der Waals surface area contributed by atoms with Gasteiger partial charge in [0.15, 0.2) is 5.72 Å². The summed E-state index contributed by atoms with van der Waals surface area (Å²) in [6, 6.07) is 14.2. The lowest BCUT2D eigenvalue weighted by Crippen LogP contribution is -2.49. The van der Waals surface area contributed by atoms with Crippen molar-refractivity contribution < 1.29 is 14.3 Å². The minimum Gasteiger partial charge on any atom is -0.351 e. The Bertz CT molecular complexity index is 880. The highest BCUT2D eigenvalue weighted by Gasteiger charge is 2.62. The largest absolute Gasteiger partial charge is 0.351 e. The van der Waals surface area contributed by atoms with Gasteiger partial charge in [0.2, 0.25) is 11.8 Å². The van der Waals surface area contributed by atoms with Crippen LogP contribution in [0.4, 0.5) is 0 Å². The number of likely N-dealkylation sites (tertiary alicyclic amines) is 1. The summed E-state index contributed by atoms with van der Waals surface area (Å²) in [5.74, 6) is 0.202. The molecule has 0 saturated carbocycles. The number of hydrogen-bond donors (Lipinski definition) is 0. The molecule has 25 heavy (non-hydrogen) atoms. The first kappa shape index (κ1) is 14.9. The number of fused-ring (bicyclic) bond motifs is 1. The molecule has 0 bridgehead atoms. The van der Waals surface area contributed by atoms with Gasteiger partial charge in [0.05, 0.1) is 25.5 Å². The molecule has 2 amide bonds. The first-order valence-corrected chi connectivity index (χ1v) is 8.89. The maximum absolute atomic E-state index is 12.9. The van der Waals surface area contributed by atoms with E-state index in [2.05, 4.69) is 24.3 Å². The molecule has 2 aromatic carbocycles. The molecule has 3 aliphatic heterocycles. The second kappa shape index (κ2) is 5.30. The molecule has 5 nitrogen and oxygen atoms in total. The zero-order chi connectivity index (χ0) is 17.0. The molecular formula is C20H20N2O3. The maximum atomic E-state index is 12.9. The molecule has 3 heterocycles. The average Bonchev–Trinajstić information content (AvgIpc) is 3.26. The summed E-state index contributed by atoms with van der Waals surface area (Å²) in [7, 11) is 0. The second-order valence-corrected chi connectivity index (χ2v) is 7.15. The number of nitrogens with zero attached hydrogens (tertiary/aromatic N) is 2. The molecule has 3 saturated heterocycles.